The van der Waals surface area contributed by atoms with Gasteiger partial charge in [-0.1, -0.05) is 36.4 Å². The fraction of sp³-hybridized carbons (Fsp3) is 0.150. The molecule has 0 aliphatic heterocycles. The highest BCUT2D eigenvalue weighted by Gasteiger charge is 2.16. The second kappa shape index (κ2) is 8.26. The van der Waals surface area contributed by atoms with Crippen molar-refractivity contribution in [1.82, 2.24) is 15.2 Å². The second-order valence-electron chi connectivity index (χ2n) is 5.79. The average Bonchev–Trinajstić information content (AvgIpc) is 2.74. The van der Waals surface area contributed by atoms with Crippen LogP contribution >= 0.6 is 0 Å². The van der Waals surface area contributed by atoms with Crippen LogP contribution in [0, 0.1) is 0 Å². The molecule has 1 aromatic heterocycles. The van der Waals surface area contributed by atoms with E-state index in [0.717, 1.165) is 0 Å². The van der Waals surface area contributed by atoms with E-state index in [4.69, 9.17) is 4.74 Å². The Morgan fingerprint density at radius 2 is 1.82 bits per heavy atom. The maximum atomic E-state index is 12.6. The van der Waals surface area contributed by atoms with Crippen molar-refractivity contribution in [2.45, 2.75) is 13.5 Å². The summed E-state index contributed by atoms with van der Waals surface area (Å²) >= 11 is 0. The molecule has 142 valence electrons. The third kappa shape index (κ3) is 3.66. The van der Waals surface area contributed by atoms with Crippen LogP contribution in [0.15, 0.2) is 58.4 Å². The Morgan fingerprint density at radius 3 is 2.54 bits per heavy atom. The van der Waals surface area contributed by atoms with Crippen LogP contribution in [0.25, 0.3) is 10.8 Å². The van der Waals surface area contributed by atoms with Crippen molar-refractivity contribution < 1.29 is 14.3 Å². The molecule has 0 unspecified atom stereocenters. The zero-order valence-corrected chi connectivity index (χ0v) is 15.4. The molecule has 3 rings (SSSR count). The quantitative estimate of drug-likeness (QED) is 0.415. The van der Waals surface area contributed by atoms with Crippen molar-refractivity contribution in [3.05, 3.63) is 75.7 Å². The average molecular weight is 378 g/mol. The predicted octanol–water partition coefficient (Wildman–Crippen LogP) is 1.97. The molecule has 0 aliphatic rings. The number of esters is 1. The molecule has 1 heterocycles. The Labute approximate surface area is 160 Å². The molecule has 1 amide bonds. The third-order valence-electron chi connectivity index (χ3n) is 4.12. The minimum atomic E-state index is -0.565. The van der Waals surface area contributed by atoms with Crippen LogP contribution in [0.5, 0.6) is 0 Å². The Hall–Kier alpha value is -3.81. The summed E-state index contributed by atoms with van der Waals surface area (Å²) < 4.78 is 5.96. The van der Waals surface area contributed by atoms with Crippen LogP contribution in [0.3, 0.4) is 0 Å². The number of carbonyl (C=O) groups is 2. The number of aryl methyl sites for hydroxylation is 1. The number of amides is 1. The topological polar surface area (TPSA) is 103 Å². The number of hydrogen-bond donors (Lipinski definition) is 1. The maximum absolute atomic E-state index is 12.6. The van der Waals surface area contributed by atoms with Gasteiger partial charge in [-0.2, -0.15) is 10.2 Å². The lowest BCUT2D eigenvalue weighted by atomic mass is 10.1. The van der Waals surface area contributed by atoms with Gasteiger partial charge < -0.3 is 4.74 Å². The first-order valence-corrected chi connectivity index (χ1v) is 8.57. The zero-order chi connectivity index (χ0) is 20.1. The van der Waals surface area contributed by atoms with E-state index in [-0.39, 0.29) is 11.3 Å². The number of hydrogen-bond acceptors (Lipinski definition) is 6. The first-order valence-electron chi connectivity index (χ1n) is 8.57. The largest absolute Gasteiger partial charge is 0.465 e. The Morgan fingerprint density at radius 1 is 1.14 bits per heavy atom. The monoisotopic (exact) mass is 378 g/mol. The molecule has 28 heavy (non-hydrogen) atoms. The fourth-order valence-corrected chi connectivity index (χ4v) is 2.74. The lowest BCUT2D eigenvalue weighted by molar-refractivity contribution is 0.0600. The molecule has 0 fully saturated rings. The number of benzene rings is 2. The van der Waals surface area contributed by atoms with Crippen molar-refractivity contribution in [2.24, 2.45) is 5.10 Å². The third-order valence-corrected chi connectivity index (χ3v) is 4.12. The number of aromatic nitrogens is 2. The van der Waals surface area contributed by atoms with Crippen molar-refractivity contribution in [1.29, 1.82) is 0 Å². The summed E-state index contributed by atoms with van der Waals surface area (Å²) in [4.78, 5) is 36.8. The van der Waals surface area contributed by atoms with E-state index in [1.165, 1.54) is 18.0 Å². The van der Waals surface area contributed by atoms with Gasteiger partial charge in [-0.25, -0.2) is 14.9 Å². The molecule has 3 aromatic rings. The van der Waals surface area contributed by atoms with Crippen LogP contribution < -0.4 is 11.0 Å². The van der Waals surface area contributed by atoms with Gasteiger partial charge in [0, 0.05) is 17.5 Å². The Kier molecular flexibility index (Phi) is 5.59. The summed E-state index contributed by atoms with van der Waals surface area (Å²) in [5.41, 5.74) is 3.05. The molecular weight excluding hydrogens is 360 g/mol. The smallest absolute Gasteiger partial charge is 0.338 e. The van der Waals surface area contributed by atoms with Crippen molar-refractivity contribution in [3.63, 3.8) is 0 Å². The molecular formula is C20H18N4O4. The zero-order valence-electron chi connectivity index (χ0n) is 15.4. The van der Waals surface area contributed by atoms with Crippen LogP contribution in [-0.2, 0) is 11.3 Å². The van der Waals surface area contributed by atoms with Crippen molar-refractivity contribution in [2.75, 3.05) is 7.11 Å². The van der Waals surface area contributed by atoms with Gasteiger partial charge in [0.25, 0.3) is 11.5 Å². The number of hydrazone groups is 1. The molecule has 8 nitrogen and oxygen atoms in total. The molecule has 0 saturated heterocycles. The van der Waals surface area contributed by atoms with E-state index in [1.807, 2.05) is 0 Å². The minimum Gasteiger partial charge on any atom is -0.465 e. The fourth-order valence-electron chi connectivity index (χ4n) is 2.74. The molecule has 0 saturated carbocycles. The van der Waals surface area contributed by atoms with Gasteiger partial charge >= 0.3 is 5.97 Å². The molecule has 8 heteroatoms. The van der Waals surface area contributed by atoms with Crippen LogP contribution in [0.4, 0.5) is 0 Å². The summed E-state index contributed by atoms with van der Waals surface area (Å²) in [6, 6.07) is 13.5. The van der Waals surface area contributed by atoms with Gasteiger partial charge in [0.2, 0.25) is 0 Å². The van der Waals surface area contributed by atoms with E-state index < -0.39 is 11.9 Å². The molecule has 0 spiro atoms. The van der Waals surface area contributed by atoms with E-state index in [0.29, 0.717) is 28.4 Å². The summed E-state index contributed by atoms with van der Waals surface area (Å²) in [5, 5.41) is 8.92. The van der Waals surface area contributed by atoms with Gasteiger partial charge in [0.05, 0.1) is 24.3 Å². The molecule has 0 aliphatic carbocycles. The van der Waals surface area contributed by atoms with Crippen LogP contribution in [0.1, 0.15) is 33.3 Å². The maximum Gasteiger partial charge on any atom is 0.338 e. The summed E-state index contributed by atoms with van der Waals surface area (Å²) in [6.45, 7) is 2.10. The van der Waals surface area contributed by atoms with Gasteiger partial charge in [-0.05, 0) is 19.1 Å². The van der Waals surface area contributed by atoms with Crippen LogP contribution in [0.2, 0.25) is 0 Å². The first-order chi connectivity index (χ1) is 13.6. The standard InChI is InChI=1S/C20H18N4O4/c1-3-24-19(26)16-11-7-6-10-15(16)17(23-24)18(25)22-21-12-13-8-4-5-9-14(13)20(27)28-2/h4-12H,3H2,1-2H3,(H,22,25)/b21-12-. The highest BCUT2D eigenvalue weighted by atomic mass is 16.5. The van der Waals surface area contributed by atoms with Gasteiger partial charge in [-0.3, -0.25) is 9.59 Å². The second-order valence-corrected chi connectivity index (χ2v) is 5.79. The molecule has 1 N–H and O–H groups in total. The SMILES string of the molecule is CCn1nc(C(=O)N/N=C\c2ccccc2C(=O)OC)c2ccccc2c1=O. The van der Waals surface area contributed by atoms with Crippen molar-refractivity contribution in [3.8, 4) is 0 Å². The number of carbonyl (C=O) groups excluding carboxylic acids is 2. The highest BCUT2D eigenvalue weighted by Crippen LogP contribution is 2.13. The summed E-state index contributed by atoms with van der Waals surface area (Å²) in [6.07, 6.45) is 1.35. The molecule has 2 aromatic carbocycles. The number of nitrogens with zero attached hydrogens (tertiary/aromatic N) is 3. The predicted molar refractivity (Wildman–Crippen MR) is 105 cm³/mol. The van der Waals surface area contributed by atoms with Gasteiger partial charge in [-0.15, -0.1) is 0 Å². The van der Waals surface area contributed by atoms with Gasteiger partial charge in [0.15, 0.2) is 5.69 Å². The lowest BCUT2D eigenvalue weighted by Gasteiger charge is -2.08. The minimum absolute atomic E-state index is 0.0930. The highest BCUT2D eigenvalue weighted by molar-refractivity contribution is 6.05. The lowest BCUT2D eigenvalue weighted by Crippen LogP contribution is -2.28. The Balaban J connectivity index is 1.91. The first kappa shape index (κ1) is 19.0. The Bertz CT molecular complexity index is 1130. The van der Waals surface area contributed by atoms with Gasteiger partial charge in [0.1, 0.15) is 0 Å². The number of methoxy groups -OCH3 is 1. The van der Waals surface area contributed by atoms with E-state index >= 15 is 0 Å². The summed E-state index contributed by atoms with van der Waals surface area (Å²) in [5.74, 6) is -1.07. The molecule has 0 radical (unpaired) electrons. The number of nitrogens with one attached hydrogen (secondary N) is 1. The van der Waals surface area contributed by atoms with E-state index in [1.54, 1.807) is 55.5 Å². The number of rotatable bonds is 5. The summed E-state index contributed by atoms with van der Waals surface area (Å²) in [7, 11) is 1.29. The number of ether oxygens (including phenoxy) is 1. The van der Waals surface area contributed by atoms with E-state index in [9.17, 15) is 14.4 Å². The van der Waals surface area contributed by atoms with Crippen LogP contribution in [-0.4, -0.2) is 35.0 Å². The molecule has 0 bridgehead atoms. The normalized spacial score (nSPS) is 10.9. The molecule has 0 atom stereocenters. The van der Waals surface area contributed by atoms with Crippen molar-refractivity contribution >= 4 is 28.9 Å². The number of fused-ring (bicyclic) bond motifs is 1. The van der Waals surface area contributed by atoms with E-state index in [2.05, 4.69) is 15.6 Å².